The molecule has 0 aliphatic rings. The topological polar surface area (TPSA) is 92.0 Å². The third-order valence-electron chi connectivity index (χ3n) is 4.27. The number of aryl methyl sites for hydroxylation is 1. The molecule has 4 rings (SSSR count). The van der Waals surface area contributed by atoms with Crippen LogP contribution in [0, 0.1) is 6.92 Å². The molecule has 0 atom stereocenters. The number of furan rings is 1. The highest BCUT2D eigenvalue weighted by atomic mass is 32.2. The second-order valence-corrected chi connectivity index (χ2v) is 6.92. The van der Waals surface area contributed by atoms with E-state index in [2.05, 4.69) is 27.3 Å². The van der Waals surface area contributed by atoms with Crippen LogP contribution in [0.3, 0.4) is 0 Å². The fourth-order valence-electron chi connectivity index (χ4n) is 2.79. The van der Waals surface area contributed by atoms with Crippen LogP contribution >= 0.6 is 11.8 Å². The summed E-state index contributed by atoms with van der Waals surface area (Å²) in [5, 5.41) is 13.5. The summed E-state index contributed by atoms with van der Waals surface area (Å²) in [7, 11) is 1.63. The van der Waals surface area contributed by atoms with Crippen molar-refractivity contribution >= 4 is 11.8 Å². The second-order valence-electron chi connectivity index (χ2n) is 5.97. The maximum Gasteiger partial charge on any atom is 0.257 e. The van der Waals surface area contributed by atoms with Crippen LogP contribution in [0.5, 0.6) is 5.75 Å². The first kappa shape index (κ1) is 18.3. The molecule has 0 saturated carbocycles. The summed E-state index contributed by atoms with van der Waals surface area (Å²) in [4.78, 5) is 4.47. The number of hydrogen-bond donors (Lipinski definition) is 0. The molecule has 0 amide bonds. The van der Waals surface area contributed by atoms with Gasteiger partial charge in [0.25, 0.3) is 5.89 Å². The molecule has 0 spiro atoms. The number of nitrogens with zero attached hydrogens (tertiary/aromatic N) is 5. The van der Waals surface area contributed by atoms with Gasteiger partial charge >= 0.3 is 0 Å². The standard InChI is InChI=1S/C19H19N5O3S/c1-4-24-17(15-9-10-26-12(15)2)21-22-19(24)28-11-16-20-18(27-23-16)13-5-7-14(25-3)8-6-13/h5-10H,4,11H2,1-3H3. The van der Waals surface area contributed by atoms with Gasteiger partial charge in [-0.15, -0.1) is 10.2 Å². The number of ether oxygens (including phenoxy) is 1. The van der Waals surface area contributed by atoms with Crippen molar-refractivity contribution in [1.82, 2.24) is 24.9 Å². The van der Waals surface area contributed by atoms with Crippen molar-refractivity contribution in [2.24, 2.45) is 0 Å². The first-order valence-corrected chi connectivity index (χ1v) is 9.75. The van der Waals surface area contributed by atoms with Crippen LogP contribution in [0.2, 0.25) is 0 Å². The summed E-state index contributed by atoms with van der Waals surface area (Å²) in [6.07, 6.45) is 1.66. The third kappa shape index (κ3) is 3.53. The van der Waals surface area contributed by atoms with Crippen LogP contribution in [-0.4, -0.2) is 32.0 Å². The molecule has 9 heteroatoms. The highest BCUT2D eigenvalue weighted by molar-refractivity contribution is 7.98. The van der Waals surface area contributed by atoms with Crippen LogP contribution in [0.1, 0.15) is 18.5 Å². The van der Waals surface area contributed by atoms with E-state index >= 15 is 0 Å². The second kappa shape index (κ2) is 7.89. The quantitative estimate of drug-likeness (QED) is 0.428. The first-order chi connectivity index (χ1) is 13.7. The van der Waals surface area contributed by atoms with E-state index in [9.17, 15) is 0 Å². The first-order valence-electron chi connectivity index (χ1n) is 8.77. The molecule has 0 radical (unpaired) electrons. The number of aromatic nitrogens is 5. The third-order valence-corrected chi connectivity index (χ3v) is 5.23. The van der Waals surface area contributed by atoms with E-state index in [1.807, 2.05) is 41.8 Å². The molecular weight excluding hydrogens is 378 g/mol. The molecule has 0 unspecified atom stereocenters. The average Bonchev–Trinajstić information content (AvgIpc) is 3.45. The fraction of sp³-hybridized carbons (Fsp3) is 0.263. The van der Waals surface area contributed by atoms with E-state index < -0.39 is 0 Å². The lowest BCUT2D eigenvalue weighted by Crippen LogP contribution is -2.00. The maximum absolute atomic E-state index is 5.39. The fourth-order valence-corrected chi connectivity index (χ4v) is 3.63. The van der Waals surface area contributed by atoms with E-state index in [0.29, 0.717) is 17.5 Å². The van der Waals surface area contributed by atoms with Crippen molar-refractivity contribution in [3.8, 4) is 28.6 Å². The van der Waals surface area contributed by atoms with Gasteiger partial charge < -0.3 is 18.2 Å². The normalized spacial score (nSPS) is 11.1. The summed E-state index contributed by atoms with van der Waals surface area (Å²) < 4.78 is 18.0. The summed E-state index contributed by atoms with van der Waals surface area (Å²) in [5.74, 6) is 4.00. The number of rotatable bonds is 7. The van der Waals surface area contributed by atoms with Crippen LogP contribution < -0.4 is 4.74 Å². The lowest BCUT2D eigenvalue weighted by Gasteiger charge is -2.05. The van der Waals surface area contributed by atoms with Crippen LogP contribution in [-0.2, 0) is 12.3 Å². The summed E-state index contributed by atoms with van der Waals surface area (Å²) in [5.41, 5.74) is 1.79. The molecule has 0 aliphatic heterocycles. The smallest absolute Gasteiger partial charge is 0.257 e. The zero-order valence-electron chi connectivity index (χ0n) is 15.7. The van der Waals surface area contributed by atoms with Crippen molar-refractivity contribution < 1.29 is 13.7 Å². The van der Waals surface area contributed by atoms with Gasteiger partial charge in [0, 0.05) is 12.1 Å². The predicted molar refractivity (Wildman–Crippen MR) is 104 cm³/mol. The maximum atomic E-state index is 5.39. The zero-order valence-corrected chi connectivity index (χ0v) is 16.6. The molecule has 8 nitrogen and oxygen atoms in total. The Labute approximate surface area is 165 Å². The van der Waals surface area contributed by atoms with Crippen LogP contribution in [0.25, 0.3) is 22.8 Å². The minimum Gasteiger partial charge on any atom is -0.497 e. The largest absolute Gasteiger partial charge is 0.497 e. The van der Waals surface area contributed by atoms with Gasteiger partial charge in [-0.25, -0.2) is 0 Å². The minimum absolute atomic E-state index is 0.477. The van der Waals surface area contributed by atoms with E-state index in [0.717, 1.165) is 40.2 Å². The molecule has 144 valence electrons. The zero-order chi connectivity index (χ0) is 19.5. The van der Waals surface area contributed by atoms with Gasteiger partial charge in [0.15, 0.2) is 16.8 Å². The molecule has 1 aromatic carbocycles. The summed E-state index contributed by atoms with van der Waals surface area (Å²) in [6.45, 7) is 4.72. The van der Waals surface area contributed by atoms with E-state index in [4.69, 9.17) is 13.7 Å². The summed E-state index contributed by atoms with van der Waals surface area (Å²) >= 11 is 1.52. The van der Waals surface area contributed by atoms with Gasteiger partial charge in [-0.05, 0) is 44.2 Å². The Morgan fingerprint density at radius 2 is 1.96 bits per heavy atom. The lowest BCUT2D eigenvalue weighted by molar-refractivity contribution is 0.414. The molecule has 4 aromatic rings. The average molecular weight is 397 g/mol. The van der Waals surface area contributed by atoms with Crippen molar-refractivity contribution in [1.29, 1.82) is 0 Å². The molecule has 3 aromatic heterocycles. The monoisotopic (exact) mass is 397 g/mol. The highest BCUT2D eigenvalue weighted by Crippen LogP contribution is 2.28. The Kier molecular flexibility index (Phi) is 5.16. The van der Waals surface area contributed by atoms with Crippen molar-refractivity contribution in [3.05, 3.63) is 48.2 Å². The van der Waals surface area contributed by atoms with E-state index in [1.165, 1.54) is 11.8 Å². The molecule has 0 aliphatic carbocycles. The molecule has 0 bridgehead atoms. The molecule has 28 heavy (non-hydrogen) atoms. The molecule has 3 heterocycles. The number of methoxy groups -OCH3 is 1. The molecule has 0 N–H and O–H groups in total. The van der Waals surface area contributed by atoms with Gasteiger partial charge in [-0.2, -0.15) is 4.98 Å². The van der Waals surface area contributed by atoms with Crippen molar-refractivity contribution in [2.75, 3.05) is 7.11 Å². The highest BCUT2D eigenvalue weighted by Gasteiger charge is 2.17. The molecule has 0 fully saturated rings. The SMILES string of the molecule is CCn1c(SCc2noc(-c3ccc(OC)cc3)n2)nnc1-c1ccoc1C. The van der Waals surface area contributed by atoms with Crippen molar-refractivity contribution in [3.63, 3.8) is 0 Å². The van der Waals surface area contributed by atoms with E-state index in [1.54, 1.807) is 13.4 Å². The number of thioether (sulfide) groups is 1. The number of benzene rings is 1. The summed E-state index contributed by atoms with van der Waals surface area (Å²) in [6, 6.07) is 9.39. The Balaban J connectivity index is 1.49. The van der Waals surface area contributed by atoms with Gasteiger partial charge in [0.1, 0.15) is 11.5 Å². The van der Waals surface area contributed by atoms with Crippen molar-refractivity contribution in [2.45, 2.75) is 31.3 Å². The Hall–Kier alpha value is -3.07. The van der Waals surface area contributed by atoms with Gasteiger partial charge in [0.05, 0.1) is 24.7 Å². The Bertz CT molecular complexity index is 1070. The molecular formula is C19H19N5O3S. The van der Waals surface area contributed by atoms with Gasteiger partial charge in [-0.3, -0.25) is 0 Å². The molecule has 0 saturated heterocycles. The lowest BCUT2D eigenvalue weighted by atomic mass is 10.2. The Morgan fingerprint density at radius 3 is 2.64 bits per heavy atom. The van der Waals surface area contributed by atoms with Crippen LogP contribution in [0.15, 0.2) is 50.7 Å². The minimum atomic E-state index is 0.477. The Morgan fingerprint density at radius 1 is 1.14 bits per heavy atom. The van der Waals surface area contributed by atoms with Gasteiger partial charge in [-0.1, -0.05) is 16.9 Å². The number of hydrogen-bond acceptors (Lipinski definition) is 8. The van der Waals surface area contributed by atoms with E-state index in [-0.39, 0.29) is 0 Å². The predicted octanol–water partition coefficient (Wildman–Crippen LogP) is 4.22. The van der Waals surface area contributed by atoms with Gasteiger partial charge in [0.2, 0.25) is 0 Å². The van der Waals surface area contributed by atoms with Crippen LogP contribution in [0.4, 0.5) is 0 Å².